The van der Waals surface area contributed by atoms with Crippen LogP contribution in [0.15, 0.2) is 59.5 Å². The van der Waals surface area contributed by atoms with Gasteiger partial charge in [0.05, 0.1) is 15.8 Å². The molecule has 0 amide bonds. The van der Waals surface area contributed by atoms with E-state index >= 15 is 0 Å². The zero-order valence-corrected chi connectivity index (χ0v) is 14.9. The van der Waals surface area contributed by atoms with Crippen LogP contribution in [-0.4, -0.2) is 23.6 Å². The van der Waals surface area contributed by atoms with Gasteiger partial charge in [-0.1, -0.05) is 64.0 Å². The van der Waals surface area contributed by atoms with E-state index < -0.39 is 10.0 Å². The Kier molecular flexibility index (Phi) is 4.14. The molecular formula is C17H18BrNO2S. The molecule has 0 saturated carbocycles. The highest BCUT2D eigenvalue weighted by atomic mass is 79.9. The topological polar surface area (TPSA) is 37.4 Å². The monoisotopic (exact) mass is 379 g/mol. The molecule has 0 N–H and O–H groups in total. The Balaban J connectivity index is 2.00. The first-order valence-electron chi connectivity index (χ1n) is 7.22. The average molecular weight is 380 g/mol. The first-order chi connectivity index (χ1) is 10.4. The van der Waals surface area contributed by atoms with Crippen LogP contribution < -0.4 is 0 Å². The number of hydrogen-bond acceptors (Lipinski definition) is 2. The molecule has 5 heteroatoms. The molecule has 116 valence electrons. The summed E-state index contributed by atoms with van der Waals surface area (Å²) in [4.78, 5) is 0.473. The fraction of sp³-hybridized carbons (Fsp3) is 0.294. The SMILES string of the molecule is Cc1ccc(S(=O)(=O)N2[C@H](c3ccccc3)[C@@H](Br)[C@@H]2C)cc1. The molecule has 1 fully saturated rings. The largest absolute Gasteiger partial charge is 0.243 e. The number of nitrogens with zero attached hydrogens (tertiary/aromatic N) is 1. The fourth-order valence-corrected chi connectivity index (χ4v) is 5.85. The highest BCUT2D eigenvalue weighted by Crippen LogP contribution is 2.46. The Labute approximate surface area is 140 Å². The molecule has 3 nitrogen and oxygen atoms in total. The Bertz CT molecular complexity index is 759. The third-order valence-corrected chi connectivity index (χ3v) is 7.42. The zero-order valence-electron chi connectivity index (χ0n) is 12.5. The van der Waals surface area contributed by atoms with Crippen molar-refractivity contribution in [1.82, 2.24) is 4.31 Å². The van der Waals surface area contributed by atoms with Crippen LogP contribution in [0.5, 0.6) is 0 Å². The van der Waals surface area contributed by atoms with E-state index in [1.807, 2.05) is 56.3 Å². The molecule has 2 aromatic rings. The summed E-state index contributed by atoms with van der Waals surface area (Å²) in [5.74, 6) is 0. The molecule has 22 heavy (non-hydrogen) atoms. The smallest absolute Gasteiger partial charge is 0.207 e. The number of benzene rings is 2. The van der Waals surface area contributed by atoms with Crippen LogP contribution in [0, 0.1) is 6.92 Å². The average Bonchev–Trinajstić information content (AvgIpc) is 2.52. The minimum absolute atomic E-state index is 0.0727. The molecule has 3 rings (SSSR count). The molecule has 0 aromatic heterocycles. The lowest BCUT2D eigenvalue weighted by Crippen LogP contribution is -2.59. The van der Waals surface area contributed by atoms with Gasteiger partial charge in [0.1, 0.15) is 0 Å². The molecule has 0 aliphatic carbocycles. The molecule has 1 aliphatic heterocycles. The number of halogens is 1. The van der Waals surface area contributed by atoms with Crippen LogP contribution in [0.2, 0.25) is 0 Å². The lowest BCUT2D eigenvalue weighted by atomic mass is 9.91. The van der Waals surface area contributed by atoms with Crippen LogP contribution in [0.1, 0.15) is 24.1 Å². The van der Waals surface area contributed by atoms with Crippen molar-refractivity contribution in [3.05, 3.63) is 65.7 Å². The summed E-state index contributed by atoms with van der Waals surface area (Å²) in [6.07, 6.45) is 0. The molecule has 0 bridgehead atoms. The van der Waals surface area contributed by atoms with Gasteiger partial charge in [-0.3, -0.25) is 0 Å². The number of sulfonamides is 1. The molecule has 1 saturated heterocycles. The number of aryl methyl sites for hydroxylation is 1. The number of rotatable bonds is 3. The predicted molar refractivity (Wildman–Crippen MR) is 91.6 cm³/mol. The molecule has 0 spiro atoms. The van der Waals surface area contributed by atoms with Gasteiger partial charge >= 0.3 is 0 Å². The highest BCUT2D eigenvalue weighted by Gasteiger charge is 2.51. The normalized spacial score (nSPS) is 25.7. The summed E-state index contributed by atoms with van der Waals surface area (Å²) < 4.78 is 27.5. The van der Waals surface area contributed by atoms with Crippen molar-refractivity contribution in [3.8, 4) is 0 Å². The minimum atomic E-state index is -3.50. The van der Waals surface area contributed by atoms with Crippen LogP contribution in [0.25, 0.3) is 0 Å². The zero-order chi connectivity index (χ0) is 15.9. The number of hydrogen-bond donors (Lipinski definition) is 0. The number of alkyl halides is 1. The standard InChI is InChI=1S/C17H18BrNO2S/c1-12-8-10-15(11-9-12)22(20,21)19-13(2)16(18)17(19)14-6-4-3-5-7-14/h3-11,13,16-17H,1-2H3/t13-,16-,17+/m0/s1. The van der Waals surface area contributed by atoms with E-state index in [0.717, 1.165) is 11.1 Å². The fourth-order valence-electron chi connectivity index (χ4n) is 2.88. The summed E-state index contributed by atoms with van der Waals surface area (Å²) in [5.41, 5.74) is 2.06. The van der Waals surface area contributed by atoms with Crippen LogP contribution >= 0.6 is 15.9 Å². The maximum absolute atomic E-state index is 13.0. The van der Waals surface area contributed by atoms with Crippen molar-refractivity contribution in [1.29, 1.82) is 0 Å². The lowest BCUT2D eigenvalue weighted by Gasteiger charge is -2.50. The van der Waals surface area contributed by atoms with Gasteiger partial charge in [-0.2, -0.15) is 4.31 Å². The van der Waals surface area contributed by atoms with Crippen molar-refractivity contribution < 1.29 is 8.42 Å². The first-order valence-corrected chi connectivity index (χ1v) is 9.58. The van der Waals surface area contributed by atoms with Crippen LogP contribution in [0.4, 0.5) is 0 Å². The van der Waals surface area contributed by atoms with Gasteiger partial charge in [0.25, 0.3) is 0 Å². The molecule has 3 atom stereocenters. The maximum atomic E-state index is 13.0. The maximum Gasteiger partial charge on any atom is 0.243 e. The Morgan fingerprint density at radius 1 is 1.00 bits per heavy atom. The first kappa shape index (κ1) is 15.7. The van der Waals surface area contributed by atoms with E-state index in [2.05, 4.69) is 15.9 Å². The Morgan fingerprint density at radius 2 is 1.59 bits per heavy atom. The van der Waals surface area contributed by atoms with Gasteiger partial charge < -0.3 is 0 Å². The van der Waals surface area contributed by atoms with E-state index in [4.69, 9.17) is 0 Å². The second-order valence-corrected chi connectivity index (χ2v) is 8.59. The van der Waals surface area contributed by atoms with Crippen LogP contribution in [-0.2, 0) is 10.0 Å². The molecule has 1 heterocycles. The lowest BCUT2D eigenvalue weighted by molar-refractivity contribution is 0.141. The summed E-state index contributed by atoms with van der Waals surface area (Å²) in [6.45, 7) is 3.88. The quantitative estimate of drug-likeness (QED) is 0.758. The van der Waals surface area contributed by atoms with Crippen molar-refractivity contribution in [2.45, 2.75) is 35.7 Å². The van der Waals surface area contributed by atoms with Gasteiger partial charge in [-0.05, 0) is 31.5 Å². The predicted octanol–water partition coefficient (Wildman–Crippen LogP) is 3.89. The van der Waals surface area contributed by atoms with Crippen LogP contribution in [0.3, 0.4) is 0 Å². The molecule has 0 radical (unpaired) electrons. The third-order valence-electron chi connectivity index (χ3n) is 4.18. The van der Waals surface area contributed by atoms with Gasteiger partial charge in [0.2, 0.25) is 10.0 Å². The molecule has 2 aromatic carbocycles. The summed E-state index contributed by atoms with van der Waals surface area (Å²) in [5, 5.41) is 0. The van der Waals surface area contributed by atoms with Gasteiger partial charge in [0, 0.05) is 6.04 Å². The van der Waals surface area contributed by atoms with Crippen molar-refractivity contribution in [2.24, 2.45) is 0 Å². The second-order valence-electron chi connectivity index (χ2n) is 5.69. The molecular weight excluding hydrogens is 362 g/mol. The molecule has 0 unspecified atom stereocenters. The van der Waals surface area contributed by atoms with E-state index in [0.29, 0.717) is 4.90 Å². The molecule has 1 aliphatic rings. The van der Waals surface area contributed by atoms with E-state index in [-0.39, 0.29) is 16.9 Å². The van der Waals surface area contributed by atoms with Crippen molar-refractivity contribution in [3.63, 3.8) is 0 Å². The van der Waals surface area contributed by atoms with Gasteiger partial charge in [0.15, 0.2) is 0 Å². The Morgan fingerprint density at radius 3 is 2.18 bits per heavy atom. The summed E-state index contributed by atoms with van der Waals surface area (Å²) in [7, 11) is -3.50. The van der Waals surface area contributed by atoms with Gasteiger partial charge in [-0.25, -0.2) is 8.42 Å². The third kappa shape index (κ3) is 2.51. The van der Waals surface area contributed by atoms with Crippen molar-refractivity contribution in [2.75, 3.05) is 0 Å². The summed E-state index contributed by atoms with van der Waals surface area (Å²) >= 11 is 3.64. The highest BCUT2D eigenvalue weighted by molar-refractivity contribution is 9.09. The van der Waals surface area contributed by atoms with Crippen molar-refractivity contribution >= 4 is 26.0 Å². The van der Waals surface area contributed by atoms with Gasteiger partial charge in [-0.15, -0.1) is 0 Å². The van der Waals surface area contributed by atoms with E-state index in [1.54, 1.807) is 16.4 Å². The second kappa shape index (κ2) is 5.80. The minimum Gasteiger partial charge on any atom is -0.207 e. The van der Waals surface area contributed by atoms with E-state index in [1.165, 1.54) is 0 Å². The Hall–Kier alpha value is -1.17. The summed E-state index contributed by atoms with van der Waals surface area (Å²) in [6, 6.07) is 16.6. The van der Waals surface area contributed by atoms with E-state index in [9.17, 15) is 8.42 Å².